The third-order valence-electron chi connectivity index (χ3n) is 8.06. The molecule has 0 N–H and O–H groups in total. The molecular weight excluding hydrogens is 515 g/mol. The molecule has 2 saturated heterocycles. The van der Waals surface area contributed by atoms with E-state index in [-0.39, 0.29) is 55.2 Å². The molecule has 6 rings (SSSR count). The van der Waals surface area contributed by atoms with E-state index in [0.29, 0.717) is 42.2 Å². The van der Waals surface area contributed by atoms with E-state index in [4.69, 9.17) is 4.74 Å². The number of hydrogen-bond donors (Lipinski definition) is 0. The first-order chi connectivity index (χ1) is 18.7. The third kappa shape index (κ3) is 4.86. The van der Waals surface area contributed by atoms with E-state index >= 15 is 0 Å². The van der Waals surface area contributed by atoms with Crippen LogP contribution in [0, 0.1) is 0 Å². The van der Waals surface area contributed by atoms with Crippen molar-refractivity contribution in [1.82, 2.24) is 24.9 Å². The Kier molecular flexibility index (Phi) is 6.52. The maximum Gasteiger partial charge on any atom is 0.419 e. The fourth-order valence-electron chi connectivity index (χ4n) is 5.98. The smallest absolute Gasteiger partial charge is 0.419 e. The quantitative estimate of drug-likeness (QED) is 0.531. The Morgan fingerprint density at radius 3 is 2.31 bits per heavy atom. The van der Waals surface area contributed by atoms with Gasteiger partial charge in [-0.05, 0) is 49.4 Å². The summed E-state index contributed by atoms with van der Waals surface area (Å²) in [5.41, 5.74) is 0.312. The molecule has 3 amide bonds. The van der Waals surface area contributed by atoms with E-state index in [9.17, 15) is 27.6 Å². The van der Waals surface area contributed by atoms with E-state index in [2.05, 4.69) is 14.9 Å². The van der Waals surface area contributed by atoms with Crippen LogP contribution in [0.1, 0.15) is 78.2 Å². The lowest BCUT2D eigenvalue weighted by Crippen LogP contribution is -2.57. The number of imide groups is 1. The number of benzene rings is 1. The van der Waals surface area contributed by atoms with Crippen molar-refractivity contribution in [3.05, 3.63) is 53.1 Å². The second-order valence-corrected chi connectivity index (χ2v) is 10.6. The van der Waals surface area contributed by atoms with Crippen molar-refractivity contribution in [2.75, 3.05) is 13.1 Å². The first kappa shape index (κ1) is 25.7. The summed E-state index contributed by atoms with van der Waals surface area (Å²) in [6.07, 6.45) is 2.03. The van der Waals surface area contributed by atoms with Gasteiger partial charge < -0.3 is 4.74 Å². The number of alkyl halides is 3. The summed E-state index contributed by atoms with van der Waals surface area (Å²) in [6.45, 7) is 1.45. The van der Waals surface area contributed by atoms with Gasteiger partial charge in [0.1, 0.15) is 17.7 Å². The topological polar surface area (TPSA) is 95.9 Å². The van der Waals surface area contributed by atoms with Crippen molar-refractivity contribution >= 4 is 17.7 Å². The van der Waals surface area contributed by atoms with Crippen molar-refractivity contribution in [3.8, 4) is 5.75 Å². The second kappa shape index (κ2) is 9.89. The van der Waals surface area contributed by atoms with Gasteiger partial charge in [0.15, 0.2) is 0 Å². The number of halogens is 3. The summed E-state index contributed by atoms with van der Waals surface area (Å²) in [6, 6.07) is 5.40. The van der Waals surface area contributed by atoms with Crippen molar-refractivity contribution in [2.24, 2.45) is 0 Å². The standard InChI is InChI=1S/C27H28F3N5O4/c28-27(29,30)18-11-31-25(32-12-18)17-13-33(14-17)21-4-1-2-5-22(21)39-19-8-9-20-16(10-19)15-34(26(20)38)35-23(36)6-3-7-24(35)37/h8-12,17,21-22H,1-7,13-15H2/t21-,22+/m0/s1. The highest BCUT2D eigenvalue weighted by Gasteiger charge is 2.42. The van der Waals surface area contributed by atoms with Gasteiger partial charge in [-0.2, -0.15) is 18.2 Å². The number of piperidine rings is 1. The van der Waals surface area contributed by atoms with Crippen LogP contribution in [0.2, 0.25) is 0 Å². The zero-order valence-corrected chi connectivity index (χ0v) is 21.2. The monoisotopic (exact) mass is 543 g/mol. The van der Waals surface area contributed by atoms with E-state index in [1.54, 1.807) is 12.1 Å². The number of hydrazine groups is 1. The summed E-state index contributed by atoms with van der Waals surface area (Å²) in [5.74, 6) is -0.0578. The molecule has 1 aliphatic carbocycles. The maximum absolute atomic E-state index is 13.0. The van der Waals surface area contributed by atoms with Crippen molar-refractivity contribution in [2.45, 2.75) is 75.7 Å². The van der Waals surface area contributed by atoms with Crippen LogP contribution in [0.5, 0.6) is 5.75 Å². The third-order valence-corrected chi connectivity index (χ3v) is 8.06. The zero-order chi connectivity index (χ0) is 27.3. The Balaban J connectivity index is 1.11. The number of amides is 3. The molecule has 2 aromatic rings. The molecule has 0 unspecified atom stereocenters. The molecule has 4 aliphatic rings. The van der Waals surface area contributed by atoms with Crippen LogP contribution >= 0.6 is 0 Å². The predicted octanol–water partition coefficient (Wildman–Crippen LogP) is 3.69. The van der Waals surface area contributed by atoms with E-state index in [1.807, 2.05) is 6.07 Å². The van der Waals surface area contributed by atoms with Gasteiger partial charge in [-0.1, -0.05) is 6.42 Å². The molecule has 3 aliphatic heterocycles. The van der Waals surface area contributed by atoms with Gasteiger partial charge >= 0.3 is 6.18 Å². The Bertz CT molecular complexity index is 1280. The number of carbonyl (C=O) groups is 3. The Hall–Kier alpha value is -3.54. The second-order valence-electron chi connectivity index (χ2n) is 10.6. The fourth-order valence-corrected chi connectivity index (χ4v) is 5.98. The highest BCUT2D eigenvalue weighted by molar-refractivity contribution is 6.04. The normalized spacial score (nSPS) is 24.6. The molecule has 2 atom stereocenters. The molecule has 12 heteroatoms. The van der Waals surface area contributed by atoms with E-state index < -0.39 is 11.7 Å². The number of nitrogens with zero attached hydrogens (tertiary/aromatic N) is 5. The highest BCUT2D eigenvalue weighted by atomic mass is 19.4. The largest absolute Gasteiger partial charge is 0.489 e. The first-order valence-electron chi connectivity index (χ1n) is 13.3. The fraction of sp³-hybridized carbons (Fsp3) is 0.519. The summed E-state index contributed by atoms with van der Waals surface area (Å²) in [7, 11) is 0. The Morgan fingerprint density at radius 1 is 0.923 bits per heavy atom. The van der Waals surface area contributed by atoms with Gasteiger partial charge in [-0.15, -0.1) is 0 Å². The molecule has 0 bridgehead atoms. The lowest BCUT2D eigenvalue weighted by Gasteiger charge is -2.47. The van der Waals surface area contributed by atoms with Crippen molar-refractivity contribution < 1.29 is 32.3 Å². The number of likely N-dealkylation sites (tertiary alicyclic amines) is 1. The zero-order valence-electron chi connectivity index (χ0n) is 21.2. The Morgan fingerprint density at radius 2 is 1.62 bits per heavy atom. The summed E-state index contributed by atoms with van der Waals surface area (Å²) in [4.78, 5) is 47.8. The van der Waals surface area contributed by atoms with Gasteiger partial charge in [0, 0.05) is 55.8 Å². The molecule has 0 spiro atoms. The van der Waals surface area contributed by atoms with Crippen molar-refractivity contribution in [3.63, 3.8) is 0 Å². The van der Waals surface area contributed by atoms with Crippen LogP contribution < -0.4 is 4.74 Å². The lowest BCUT2D eigenvalue weighted by atomic mass is 9.86. The summed E-state index contributed by atoms with van der Waals surface area (Å²) in [5, 5.41) is 2.22. The number of carbonyl (C=O) groups excluding carboxylic acids is 3. The van der Waals surface area contributed by atoms with E-state index in [1.165, 1.54) is 5.01 Å². The average Bonchev–Trinajstić information content (AvgIpc) is 3.19. The van der Waals surface area contributed by atoms with Crippen LogP contribution in [-0.4, -0.2) is 67.8 Å². The van der Waals surface area contributed by atoms with Gasteiger partial charge in [-0.25, -0.2) is 15.0 Å². The minimum absolute atomic E-state index is 0.0212. The maximum atomic E-state index is 13.0. The molecule has 1 aromatic carbocycles. The summed E-state index contributed by atoms with van der Waals surface area (Å²) < 4.78 is 44.9. The van der Waals surface area contributed by atoms with Crippen molar-refractivity contribution in [1.29, 1.82) is 0 Å². The minimum Gasteiger partial charge on any atom is -0.489 e. The number of hydrogen-bond acceptors (Lipinski definition) is 7. The van der Waals surface area contributed by atoms with Gasteiger partial charge in [0.05, 0.1) is 12.1 Å². The average molecular weight is 544 g/mol. The van der Waals surface area contributed by atoms with E-state index in [0.717, 1.165) is 43.1 Å². The van der Waals surface area contributed by atoms with Gasteiger partial charge in [-0.3, -0.25) is 19.3 Å². The molecule has 1 aromatic heterocycles. The van der Waals surface area contributed by atoms with Gasteiger partial charge in [0.25, 0.3) is 5.91 Å². The number of fused-ring (bicyclic) bond motifs is 1. The molecule has 9 nitrogen and oxygen atoms in total. The molecular formula is C27H28F3N5O4. The molecule has 3 fully saturated rings. The number of ether oxygens (including phenoxy) is 1. The molecule has 39 heavy (non-hydrogen) atoms. The lowest BCUT2D eigenvalue weighted by molar-refractivity contribution is -0.163. The van der Waals surface area contributed by atoms with Gasteiger partial charge in [0.2, 0.25) is 11.8 Å². The van der Waals surface area contributed by atoms with Crippen LogP contribution in [0.4, 0.5) is 13.2 Å². The van der Waals surface area contributed by atoms with Crippen LogP contribution in [0.15, 0.2) is 30.6 Å². The molecule has 1 saturated carbocycles. The van der Waals surface area contributed by atoms with Crippen LogP contribution in [0.25, 0.3) is 0 Å². The predicted molar refractivity (Wildman–Crippen MR) is 130 cm³/mol. The number of aromatic nitrogens is 2. The highest BCUT2D eigenvalue weighted by Crippen LogP contribution is 2.36. The van der Waals surface area contributed by atoms with Crippen LogP contribution in [0.3, 0.4) is 0 Å². The molecule has 0 radical (unpaired) electrons. The minimum atomic E-state index is -4.46. The number of rotatable bonds is 5. The molecule has 4 heterocycles. The molecule has 206 valence electrons. The summed E-state index contributed by atoms with van der Waals surface area (Å²) >= 11 is 0. The first-order valence-corrected chi connectivity index (χ1v) is 13.3. The van der Waals surface area contributed by atoms with Crippen LogP contribution in [-0.2, 0) is 22.3 Å². The Labute approximate surface area is 222 Å². The SMILES string of the molecule is O=C1c2ccc(O[C@@H]3CCCC[C@@H]3N3CC(c4ncc(C(F)(F)F)cn4)C3)cc2CN1N1C(=O)CCCC1=O.